The van der Waals surface area contributed by atoms with E-state index in [0.29, 0.717) is 23.4 Å². The predicted octanol–water partition coefficient (Wildman–Crippen LogP) is 3.07. The third-order valence-corrected chi connectivity index (χ3v) is 3.46. The summed E-state index contributed by atoms with van der Waals surface area (Å²) in [6, 6.07) is 4.29. The van der Waals surface area contributed by atoms with Crippen LogP contribution in [0.15, 0.2) is 18.2 Å². The lowest BCUT2D eigenvalue weighted by atomic mass is 9.64. The molecule has 0 aromatic heterocycles. The number of rotatable bonds is 2. The predicted molar refractivity (Wildman–Crippen MR) is 59.0 cm³/mol. The number of benzene rings is 1. The average Bonchev–Trinajstić information content (AvgIpc) is 2.21. The molecule has 2 nitrogen and oxygen atoms in total. The summed E-state index contributed by atoms with van der Waals surface area (Å²) in [5.41, 5.74) is -0.456. The normalized spacial score (nSPS) is 17.7. The van der Waals surface area contributed by atoms with E-state index in [1.807, 2.05) is 0 Å². The molecule has 0 aliphatic heterocycles. The molecule has 1 fully saturated rings. The van der Waals surface area contributed by atoms with Crippen molar-refractivity contribution in [2.75, 3.05) is 7.11 Å². The van der Waals surface area contributed by atoms with Crippen LogP contribution in [-0.2, 0) is 14.9 Å². The Labute approximate surface area is 98.4 Å². The molecule has 4 heteroatoms. The van der Waals surface area contributed by atoms with Crippen molar-refractivity contribution in [3.05, 3.63) is 34.6 Å². The SMILES string of the molecule is COC(=O)C1(c2cc(Cl)ccc2F)CCC1. The van der Waals surface area contributed by atoms with Gasteiger partial charge in [0.15, 0.2) is 0 Å². The zero-order valence-electron chi connectivity index (χ0n) is 8.93. The lowest BCUT2D eigenvalue weighted by molar-refractivity contribution is -0.151. The van der Waals surface area contributed by atoms with Gasteiger partial charge in [0.1, 0.15) is 5.82 Å². The summed E-state index contributed by atoms with van der Waals surface area (Å²) >= 11 is 5.83. The molecule has 0 atom stereocenters. The highest BCUT2D eigenvalue weighted by Crippen LogP contribution is 2.46. The van der Waals surface area contributed by atoms with Crippen LogP contribution in [0.1, 0.15) is 24.8 Å². The summed E-state index contributed by atoms with van der Waals surface area (Å²) in [4.78, 5) is 11.7. The summed E-state index contributed by atoms with van der Waals surface area (Å²) in [5, 5.41) is 0.437. The number of methoxy groups -OCH3 is 1. The van der Waals surface area contributed by atoms with Gasteiger partial charge in [0.25, 0.3) is 0 Å². The van der Waals surface area contributed by atoms with Gasteiger partial charge in [0.05, 0.1) is 12.5 Å². The minimum absolute atomic E-state index is 0.359. The molecule has 2 rings (SSSR count). The molecule has 86 valence electrons. The first-order valence-electron chi connectivity index (χ1n) is 5.14. The van der Waals surface area contributed by atoms with Crippen LogP contribution in [-0.4, -0.2) is 13.1 Å². The van der Waals surface area contributed by atoms with E-state index < -0.39 is 11.2 Å². The highest BCUT2D eigenvalue weighted by atomic mass is 35.5. The van der Waals surface area contributed by atoms with Crippen molar-refractivity contribution in [2.24, 2.45) is 0 Å². The maximum absolute atomic E-state index is 13.7. The first kappa shape index (κ1) is 11.4. The Balaban J connectivity index is 2.48. The first-order valence-corrected chi connectivity index (χ1v) is 5.52. The summed E-state index contributed by atoms with van der Waals surface area (Å²) in [6.45, 7) is 0. The molecule has 1 saturated carbocycles. The molecular formula is C12H12ClFO2. The maximum Gasteiger partial charge on any atom is 0.316 e. The third-order valence-electron chi connectivity index (χ3n) is 3.23. The Morgan fingerprint density at radius 1 is 1.50 bits per heavy atom. The van der Waals surface area contributed by atoms with E-state index in [-0.39, 0.29) is 5.97 Å². The Kier molecular flexibility index (Phi) is 2.89. The molecule has 1 aliphatic carbocycles. The molecule has 0 amide bonds. The number of halogens is 2. The molecule has 16 heavy (non-hydrogen) atoms. The lowest BCUT2D eigenvalue weighted by Gasteiger charge is -2.39. The van der Waals surface area contributed by atoms with Crippen molar-refractivity contribution in [3.63, 3.8) is 0 Å². The second kappa shape index (κ2) is 4.06. The number of carbonyl (C=O) groups is 1. The highest BCUT2D eigenvalue weighted by Gasteiger charge is 2.48. The number of hydrogen-bond donors (Lipinski definition) is 0. The van der Waals surface area contributed by atoms with Gasteiger partial charge in [0.2, 0.25) is 0 Å². The van der Waals surface area contributed by atoms with E-state index in [0.717, 1.165) is 6.42 Å². The zero-order chi connectivity index (χ0) is 11.8. The number of hydrogen-bond acceptors (Lipinski definition) is 2. The van der Waals surface area contributed by atoms with Gasteiger partial charge in [-0.05, 0) is 31.0 Å². The topological polar surface area (TPSA) is 26.3 Å². The second-order valence-corrected chi connectivity index (χ2v) is 4.49. The van der Waals surface area contributed by atoms with Crippen LogP contribution in [0.5, 0.6) is 0 Å². The Morgan fingerprint density at radius 3 is 2.69 bits per heavy atom. The monoisotopic (exact) mass is 242 g/mol. The largest absolute Gasteiger partial charge is 0.468 e. The molecule has 1 aromatic carbocycles. The molecule has 1 aromatic rings. The van der Waals surface area contributed by atoms with Crippen molar-refractivity contribution in [1.29, 1.82) is 0 Å². The van der Waals surface area contributed by atoms with Crippen LogP contribution in [0.3, 0.4) is 0 Å². The van der Waals surface area contributed by atoms with Gasteiger partial charge in [-0.25, -0.2) is 4.39 Å². The zero-order valence-corrected chi connectivity index (χ0v) is 9.68. The number of esters is 1. The fraction of sp³-hybridized carbons (Fsp3) is 0.417. The van der Waals surface area contributed by atoms with Crippen molar-refractivity contribution in [3.8, 4) is 0 Å². The quantitative estimate of drug-likeness (QED) is 0.745. The Hall–Kier alpha value is -1.09. The smallest absolute Gasteiger partial charge is 0.316 e. The Morgan fingerprint density at radius 2 is 2.19 bits per heavy atom. The van der Waals surface area contributed by atoms with E-state index >= 15 is 0 Å². The van der Waals surface area contributed by atoms with Crippen LogP contribution in [0.2, 0.25) is 5.02 Å². The van der Waals surface area contributed by atoms with Crippen molar-refractivity contribution in [2.45, 2.75) is 24.7 Å². The number of carbonyl (C=O) groups excluding carboxylic acids is 1. The van der Waals surface area contributed by atoms with Crippen LogP contribution < -0.4 is 0 Å². The van der Waals surface area contributed by atoms with E-state index in [2.05, 4.69) is 0 Å². The summed E-state index contributed by atoms with van der Waals surface area (Å²) in [7, 11) is 1.32. The average molecular weight is 243 g/mol. The molecular weight excluding hydrogens is 231 g/mol. The van der Waals surface area contributed by atoms with E-state index in [1.165, 1.54) is 25.3 Å². The second-order valence-electron chi connectivity index (χ2n) is 4.05. The van der Waals surface area contributed by atoms with E-state index in [4.69, 9.17) is 16.3 Å². The van der Waals surface area contributed by atoms with Gasteiger partial charge in [-0.2, -0.15) is 0 Å². The minimum Gasteiger partial charge on any atom is -0.468 e. The molecule has 1 aliphatic rings. The van der Waals surface area contributed by atoms with Crippen LogP contribution in [0.25, 0.3) is 0 Å². The van der Waals surface area contributed by atoms with E-state index in [9.17, 15) is 9.18 Å². The summed E-state index contributed by atoms with van der Waals surface area (Å²) in [5.74, 6) is -0.769. The first-order chi connectivity index (χ1) is 7.60. The highest BCUT2D eigenvalue weighted by molar-refractivity contribution is 6.30. The summed E-state index contributed by atoms with van der Waals surface area (Å²) in [6.07, 6.45) is 2.15. The molecule has 0 unspecified atom stereocenters. The van der Waals surface area contributed by atoms with Crippen molar-refractivity contribution < 1.29 is 13.9 Å². The maximum atomic E-state index is 13.7. The van der Waals surface area contributed by atoms with Gasteiger partial charge >= 0.3 is 5.97 Å². The van der Waals surface area contributed by atoms with Crippen molar-refractivity contribution >= 4 is 17.6 Å². The van der Waals surface area contributed by atoms with Crippen LogP contribution >= 0.6 is 11.6 Å². The van der Waals surface area contributed by atoms with Gasteiger partial charge < -0.3 is 4.74 Å². The lowest BCUT2D eigenvalue weighted by Crippen LogP contribution is -2.44. The van der Waals surface area contributed by atoms with Crippen LogP contribution in [0, 0.1) is 5.82 Å². The fourth-order valence-corrected chi connectivity index (χ4v) is 2.35. The molecule has 0 radical (unpaired) electrons. The van der Waals surface area contributed by atoms with E-state index in [1.54, 1.807) is 0 Å². The third kappa shape index (κ3) is 1.59. The molecule has 0 saturated heterocycles. The molecule has 0 bridgehead atoms. The van der Waals surface area contributed by atoms with Gasteiger partial charge in [0, 0.05) is 10.6 Å². The standard InChI is InChI=1S/C12H12ClFO2/c1-16-11(15)12(5-2-6-12)9-7-8(13)3-4-10(9)14/h3-4,7H,2,5-6H2,1H3. The van der Waals surface area contributed by atoms with Gasteiger partial charge in [-0.15, -0.1) is 0 Å². The van der Waals surface area contributed by atoms with Crippen LogP contribution in [0.4, 0.5) is 4.39 Å². The number of ether oxygens (including phenoxy) is 1. The van der Waals surface area contributed by atoms with Crippen molar-refractivity contribution in [1.82, 2.24) is 0 Å². The summed E-state index contributed by atoms with van der Waals surface area (Å²) < 4.78 is 18.5. The molecule has 0 heterocycles. The Bertz CT molecular complexity index is 427. The fourth-order valence-electron chi connectivity index (χ4n) is 2.17. The minimum atomic E-state index is -0.816. The van der Waals surface area contributed by atoms with Gasteiger partial charge in [-0.1, -0.05) is 18.0 Å². The van der Waals surface area contributed by atoms with Gasteiger partial charge in [-0.3, -0.25) is 4.79 Å². The molecule has 0 N–H and O–H groups in total. The molecule has 0 spiro atoms.